The summed E-state index contributed by atoms with van der Waals surface area (Å²) in [6.07, 6.45) is -2.38. The van der Waals surface area contributed by atoms with Crippen molar-refractivity contribution in [2.24, 2.45) is 4.99 Å². The SMILES string of the molecule is Cc1ccccc1N=C/C=C(\Nc1ccccc1C)C(F)(F)F. The molecule has 120 valence electrons. The van der Waals surface area contributed by atoms with E-state index in [2.05, 4.69) is 10.3 Å². The molecular formula is C18H17F3N2. The predicted octanol–water partition coefficient (Wildman–Crippen LogP) is 5.56. The molecule has 1 N–H and O–H groups in total. The maximum atomic E-state index is 13.2. The summed E-state index contributed by atoms with van der Waals surface area (Å²) in [6.45, 7) is 3.60. The van der Waals surface area contributed by atoms with Gasteiger partial charge in [0.2, 0.25) is 0 Å². The number of alkyl halides is 3. The average Bonchev–Trinajstić information content (AvgIpc) is 2.49. The Kier molecular flexibility index (Phi) is 5.21. The molecule has 0 aromatic heterocycles. The van der Waals surface area contributed by atoms with Crippen molar-refractivity contribution < 1.29 is 13.2 Å². The van der Waals surface area contributed by atoms with Gasteiger partial charge in [-0.15, -0.1) is 0 Å². The lowest BCUT2D eigenvalue weighted by Crippen LogP contribution is -2.19. The van der Waals surface area contributed by atoms with Crippen molar-refractivity contribution in [2.75, 3.05) is 5.32 Å². The molecule has 2 nitrogen and oxygen atoms in total. The number of nitrogens with zero attached hydrogens (tertiary/aromatic N) is 1. The first-order valence-electron chi connectivity index (χ1n) is 7.08. The minimum Gasteiger partial charge on any atom is -0.351 e. The van der Waals surface area contributed by atoms with Gasteiger partial charge in [0.25, 0.3) is 0 Å². The molecule has 0 amide bonds. The highest BCUT2D eigenvalue weighted by molar-refractivity contribution is 5.77. The predicted molar refractivity (Wildman–Crippen MR) is 88.3 cm³/mol. The Hall–Kier alpha value is -2.56. The van der Waals surface area contributed by atoms with Crippen LogP contribution in [-0.2, 0) is 0 Å². The van der Waals surface area contributed by atoms with Crippen molar-refractivity contribution in [3.8, 4) is 0 Å². The first-order valence-corrected chi connectivity index (χ1v) is 7.08. The zero-order valence-corrected chi connectivity index (χ0v) is 12.9. The van der Waals surface area contributed by atoms with Crippen molar-refractivity contribution >= 4 is 17.6 Å². The largest absolute Gasteiger partial charge is 0.431 e. The molecule has 0 atom stereocenters. The molecule has 0 heterocycles. The molecule has 0 radical (unpaired) electrons. The van der Waals surface area contributed by atoms with Gasteiger partial charge in [-0.2, -0.15) is 13.2 Å². The van der Waals surface area contributed by atoms with Crippen molar-refractivity contribution in [3.05, 3.63) is 71.4 Å². The van der Waals surface area contributed by atoms with Crippen molar-refractivity contribution in [1.29, 1.82) is 0 Å². The number of benzene rings is 2. The summed E-state index contributed by atoms with van der Waals surface area (Å²) < 4.78 is 39.5. The van der Waals surface area contributed by atoms with Gasteiger partial charge >= 0.3 is 6.18 Å². The Labute approximate surface area is 133 Å². The van der Waals surface area contributed by atoms with Crippen LogP contribution in [0.3, 0.4) is 0 Å². The number of rotatable bonds is 4. The Bertz CT molecular complexity index is 731. The molecule has 0 unspecified atom stereocenters. The summed E-state index contributed by atoms with van der Waals surface area (Å²) in [5.41, 5.74) is 1.83. The lowest BCUT2D eigenvalue weighted by Gasteiger charge is -2.15. The van der Waals surface area contributed by atoms with E-state index in [1.165, 1.54) is 0 Å². The second-order valence-corrected chi connectivity index (χ2v) is 5.08. The van der Waals surface area contributed by atoms with E-state index in [1.54, 1.807) is 43.3 Å². The fraction of sp³-hybridized carbons (Fsp3) is 0.167. The van der Waals surface area contributed by atoms with E-state index in [9.17, 15) is 13.2 Å². The number of anilines is 1. The number of para-hydroxylation sites is 2. The van der Waals surface area contributed by atoms with Crippen LogP contribution in [0.2, 0.25) is 0 Å². The lowest BCUT2D eigenvalue weighted by molar-refractivity contribution is -0.0901. The Balaban J connectivity index is 2.26. The monoisotopic (exact) mass is 318 g/mol. The van der Waals surface area contributed by atoms with Gasteiger partial charge in [0.1, 0.15) is 5.70 Å². The fourth-order valence-electron chi connectivity index (χ4n) is 1.97. The molecule has 0 aliphatic rings. The van der Waals surface area contributed by atoms with Crippen molar-refractivity contribution in [2.45, 2.75) is 20.0 Å². The number of aryl methyl sites for hydroxylation is 2. The number of halogens is 3. The quantitative estimate of drug-likeness (QED) is 0.733. The van der Waals surface area contributed by atoms with E-state index in [-0.39, 0.29) is 0 Å². The summed E-state index contributed by atoms with van der Waals surface area (Å²) in [5.74, 6) is 0. The molecule has 0 bridgehead atoms. The summed E-state index contributed by atoms with van der Waals surface area (Å²) in [4.78, 5) is 4.08. The Morgan fingerprint density at radius 3 is 2.17 bits per heavy atom. The zero-order valence-electron chi connectivity index (χ0n) is 12.9. The topological polar surface area (TPSA) is 24.4 Å². The second kappa shape index (κ2) is 7.13. The molecule has 0 saturated carbocycles. The highest BCUT2D eigenvalue weighted by Gasteiger charge is 2.33. The molecule has 5 heteroatoms. The van der Waals surface area contributed by atoms with Crippen LogP contribution in [0.4, 0.5) is 24.5 Å². The molecule has 2 aromatic rings. The Morgan fingerprint density at radius 1 is 0.957 bits per heavy atom. The first kappa shape index (κ1) is 16.8. The van der Waals surface area contributed by atoms with E-state index in [4.69, 9.17) is 0 Å². The Morgan fingerprint density at radius 2 is 1.57 bits per heavy atom. The molecule has 0 aliphatic carbocycles. The maximum absolute atomic E-state index is 13.2. The van der Waals surface area contributed by atoms with Crippen molar-refractivity contribution in [3.63, 3.8) is 0 Å². The average molecular weight is 318 g/mol. The third-order valence-electron chi connectivity index (χ3n) is 3.29. The molecule has 0 aliphatic heterocycles. The second-order valence-electron chi connectivity index (χ2n) is 5.08. The number of aliphatic imine (C=N–C) groups is 1. The lowest BCUT2D eigenvalue weighted by atomic mass is 10.2. The van der Waals surface area contributed by atoms with E-state index in [1.807, 2.05) is 19.1 Å². The van der Waals surface area contributed by atoms with Gasteiger partial charge in [-0.1, -0.05) is 36.4 Å². The molecule has 0 saturated heterocycles. The number of hydrogen-bond donors (Lipinski definition) is 1. The molecule has 2 aromatic carbocycles. The molecule has 2 rings (SSSR count). The van der Waals surface area contributed by atoms with Gasteiger partial charge in [-0.25, -0.2) is 0 Å². The minimum absolute atomic E-state index is 0.417. The van der Waals surface area contributed by atoms with Crippen LogP contribution in [0.25, 0.3) is 0 Å². The van der Waals surface area contributed by atoms with Gasteiger partial charge in [0.05, 0.1) is 5.69 Å². The van der Waals surface area contributed by atoms with E-state index < -0.39 is 11.9 Å². The van der Waals surface area contributed by atoms with Crippen LogP contribution in [-0.4, -0.2) is 12.4 Å². The highest BCUT2D eigenvalue weighted by atomic mass is 19.4. The number of hydrogen-bond acceptors (Lipinski definition) is 2. The summed E-state index contributed by atoms with van der Waals surface area (Å²) in [5, 5.41) is 2.43. The maximum Gasteiger partial charge on any atom is 0.431 e. The molecule has 0 fully saturated rings. The van der Waals surface area contributed by atoms with E-state index in [0.29, 0.717) is 11.4 Å². The van der Waals surface area contributed by atoms with Crippen LogP contribution < -0.4 is 5.32 Å². The van der Waals surface area contributed by atoms with Crippen LogP contribution in [0, 0.1) is 13.8 Å². The third kappa shape index (κ3) is 4.71. The molecule has 0 spiro atoms. The van der Waals surface area contributed by atoms with E-state index >= 15 is 0 Å². The zero-order chi connectivity index (χ0) is 16.9. The van der Waals surface area contributed by atoms with Crippen molar-refractivity contribution in [1.82, 2.24) is 0 Å². The third-order valence-corrected chi connectivity index (χ3v) is 3.29. The smallest absolute Gasteiger partial charge is 0.351 e. The number of allylic oxidation sites excluding steroid dienone is 2. The van der Waals surface area contributed by atoms with E-state index in [0.717, 1.165) is 23.4 Å². The first-order chi connectivity index (χ1) is 10.9. The van der Waals surface area contributed by atoms with Gasteiger partial charge in [0.15, 0.2) is 0 Å². The van der Waals surface area contributed by atoms with Gasteiger partial charge in [-0.3, -0.25) is 4.99 Å². The molecular weight excluding hydrogens is 301 g/mol. The van der Waals surface area contributed by atoms with Gasteiger partial charge < -0.3 is 5.32 Å². The van der Waals surface area contributed by atoms with Crippen LogP contribution in [0.5, 0.6) is 0 Å². The fourth-order valence-corrected chi connectivity index (χ4v) is 1.97. The van der Waals surface area contributed by atoms with Crippen LogP contribution >= 0.6 is 0 Å². The summed E-state index contributed by atoms with van der Waals surface area (Å²) >= 11 is 0. The summed E-state index contributed by atoms with van der Waals surface area (Å²) in [7, 11) is 0. The van der Waals surface area contributed by atoms with Gasteiger partial charge in [-0.05, 0) is 43.2 Å². The standard InChI is InChI=1S/C18H17F3N2/c1-13-7-3-5-9-15(13)22-12-11-17(18(19,20)21)23-16-10-6-4-8-14(16)2/h3-12,23H,1-2H3/b17-11-,22-12?. The van der Waals surface area contributed by atoms with Gasteiger partial charge in [0, 0.05) is 11.9 Å². The summed E-state index contributed by atoms with van der Waals surface area (Å²) in [6, 6.07) is 14.1. The highest BCUT2D eigenvalue weighted by Crippen LogP contribution is 2.28. The molecule has 23 heavy (non-hydrogen) atoms. The number of nitrogens with one attached hydrogen (secondary N) is 1. The van der Waals surface area contributed by atoms with Crippen LogP contribution in [0.1, 0.15) is 11.1 Å². The minimum atomic E-state index is -4.49. The van der Waals surface area contributed by atoms with Crippen LogP contribution in [0.15, 0.2) is 65.3 Å². The normalized spacial score (nSPS) is 12.7.